The van der Waals surface area contributed by atoms with E-state index in [2.05, 4.69) is 20.6 Å². The molecule has 1 amide bonds. The summed E-state index contributed by atoms with van der Waals surface area (Å²) >= 11 is 0. The third-order valence-corrected chi connectivity index (χ3v) is 3.60. The van der Waals surface area contributed by atoms with Gasteiger partial charge in [0.1, 0.15) is 23.1 Å². The van der Waals surface area contributed by atoms with E-state index in [1.165, 1.54) is 24.5 Å². The van der Waals surface area contributed by atoms with Gasteiger partial charge in [0, 0.05) is 18.3 Å². The molecule has 0 aliphatic rings. The fraction of sp³-hybridized carbons (Fsp3) is 0.105. The highest BCUT2D eigenvalue weighted by molar-refractivity contribution is 6.02. The largest absolute Gasteiger partial charge is 0.497 e. The highest BCUT2D eigenvalue weighted by Gasteiger charge is 2.09. The number of carbonyl (C=O) groups is 1. The average molecular weight is 352 g/mol. The van der Waals surface area contributed by atoms with Crippen LogP contribution in [0, 0.1) is 5.82 Å². The Kier molecular flexibility index (Phi) is 5.38. The van der Waals surface area contributed by atoms with Crippen molar-refractivity contribution in [2.75, 3.05) is 17.7 Å². The molecule has 0 aliphatic carbocycles. The van der Waals surface area contributed by atoms with Gasteiger partial charge in [-0.25, -0.2) is 14.4 Å². The van der Waals surface area contributed by atoms with Crippen LogP contribution in [0.3, 0.4) is 0 Å². The van der Waals surface area contributed by atoms with Crippen molar-refractivity contribution >= 4 is 17.4 Å². The standard InChI is InChI=1S/C19H17FN4O2/c1-26-16-4-2-3-15(9-16)24-19(25)17-11-23-18(12-21-17)22-10-13-5-7-14(20)8-6-13/h2-9,11-12H,10H2,1H3,(H,22,23)(H,24,25). The first-order valence-electron chi connectivity index (χ1n) is 7.90. The average Bonchev–Trinajstić information content (AvgIpc) is 2.68. The van der Waals surface area contributed by atoms with Crippen molar-refractivity contribution in [2.24, 2.45) is 0 Å². The fourth-order valence-corrected chi connectivity index (χ4v) is 2.23. The summed E-state index contributed by atoms with van der Waals surface area (Å²) in [7, 11) is 1.56. The maximum absolute atomic E-state index is 12.9. The van der Waals surface area contributed by atoms with Gasteiger partial charge in [0.05, 0.1) is 19.5 Å². The third kappa shape index (κ3) is 4.54. The number of hydrogen-bond donors (Lipinski definition) is 2. The van der Waals surface area contributed by atoms with Crippen molar-refractivity contribution in [1.82, 2.24) is 9.97 Å². The Balaban J connectivity index is 1.59. The zero-order valence-electron chi connectivity index (χ0n) is 14.1. The molecule has 6 nitrogen and oxygen atoms in total. The maximum atomic E-state index is 12.9. The third-order valence-electron chi connectivity index (χ3n) is 3.60. The van der Waals surface area contributed by atoms with Crippen molar-refractivity contribution in [1.29, 1.82) is 0 Å². The number of methoxy groups -OCH3 is 1. The molecule has 132 valence electrons. The van der Waals surface area contributed by atoms with E-state index in [-0.39, 0.29) is 17.4 Å². The molecule has 1 aromatic heterocycles. The molecule has 2 aromatic carbocycles. The minimum atomic E-state index is -0.365. The van der Waals surface area contributed by atoms with E-state index in [0.29, 0.717) is 23.8 Å². The Morgan fingerprint density at radius 2 is 1.92 bits per heavy atom. The smallest absolute Gasteiger partial charge is 0.275 e. The molecule has 0 spiro atoms. The van der Waals surface area contributed by atoms with Gasteiger partial charge in [-0.1, -0.05) is 18.2 Å². The highest BCUT2D eigenvalue weighted by Crippen LogP contribution is 2.17. The van der Waals surface area contributed by atoms with Crippen LogP contribution in [0.1, 0.15) is 16.1 Å². The van der Waals surface area contributed by atoms with E-state index in [1.54, 1.807) is 43.5 Å². The van der Waals surface area contributed by atoms with Gasteiger partial charge < -0.3 is 15.4 Å². The van der Waals surface area contributed by atoms with Gasteiger partial charge in [-0.05, 0) is 29.8 Å². The molecular weight excluding hydrogens is 335 g/mol. The van der Waals surface area contributed by atoms with Crippen LogP contribution in [0.15, 0.2) is 60.9 Å². The van der Waals surface area contributed by atoms with Crippen molar-refractivity contribution in [3.63, 3.8) is 0 Å². The zero-order chi connectivity index (χ0) is 18.4. The first kappa shape index (κ1) is 17.3. The fourth-order valence-electron chi connectivity index (χ4n) is 2.23. The second-order valence-electron chi connectivity index (χ2n) is 5.45. The van der Waals surface area contributed by atoms with Crippen molar-refractivity contribution in [3.8, 4) is 5.75 Å². The van der Waals surface area contributed by atoms with Gasteiger partial charge >= 0.3 is 0 Å². The molecule has 3 rings (SSSR count). The number of benzene rings is 2. The van der Waals surface area contributed by atoms with Crippen LogP contribution in [0.25, 0.3) is 0 Å². The predicted molar refractivity (Wildman–Crippen MR) is 96.7 cm³/mol. The van der Waals surface area contributed by atoms with E-state index >= 15 is 0 Å². The summed E-state index contributed by atoms with van der Waals surface area (Å²) in [5.41, 5.74) is 1.71. The number of nitrogens with zero attached hydrogens (tertiary/aromatic N) is 2. The molecule has 3 aromatic rings. The van der Waals surface area contributed by atoms with Crippen LogP contribution >= 0.6 is 0 Å². The van der Waals surface area contributed by atoms with E-state index in [9.17, 15) is 9.18 Å². The van der Waals surface area contributed by atoms with E-state index in [4.69, 9.17) is 4.74 Å². The van der Waals surface area contributed by atoms with Gasteiger partial charge in [-0.2, -0.15) is 0 Å². The summed E-state index contributed by atoms with van der Waals surface area (Å²) in [6, 6.07) is 13.2. The molecule has 0 saturated carbocycles. The summed E-state index contributed by atoms with van der Waals surface area (Å²) in [6.07, 6.45) is 2.87. The first-order chi connectivity index (χ1) is 12.6. The Morgan fingerprint density at radius 1 is 1.12 bits per heavy atom. The molecule has 0 fully saturated rings. The Labute approximate surface area is 150 Å². The lowest BCUT2D eigenvalue weighted by molar-refractivity contribution is 0.102. The Morgan fingerprint density at radius 3 is 2.62 bits per heavy atom. The van der Waals surface area contributed by atoms with Gasteiger partial charge in [0.2, 0.25) is 0 Å². The van der Waals surface area contributed by atoms with E-state index < -0.39 is 0 Å². The number of anilines is 2. The lowest BCUT2D eigenvalue weighted by atomic mass is 10.2. The first-order valence-corrected chi connectivity index (χ1v) is 7.90. The van der Waals surface area contributed by atoms with Gasteiger partial charge in [0.15, 0.2) is 0 Å². The van der Waals surface area contributed by atoms with Gasteiger partial charge in [0.25, 0.3) is 5.91 Å². The minimum absolute atomic E-state index is 0.195. The monoisotopic (exact) mass is 352 g/mol. The molecule has 0 aliphatic heterocycles. The number of ether oxygens (including phenoxy) is 1. The van der Waals surface area contributed by atoms with Crippen molar-refractivity contribution in [2.45, 2.75) is 6.54 Å². The number of rotatable bonds is 6. The SMILES string of the molecule is COc1cccc(NC(=O)c2cnc(NCc3ccc(F)cc3)cn2)c1. The van der Waals surface area contributed by atoms with E-state index in [0.717, 1.165) is 5.56 Å². The van der Waals surface area contributed by atoms with Crippen LogP contribution in [0.4, 0.5) is 15.9 Å². The number of hydrogen-bond acceptors (Lipinski definition) is 5. The molecule has 0 bridgehead atoms. The summed E-state index contributed by atoms with van der Waals surface area (Å²) in [5, 5.41) is 5.81. The lowest BCUT2D eigenvalue weighted by Gasteiger charge is -2.08. The second kappa shape index (κ2) is 8.06. The number of amides is 1. The van der Waals surface area contributed by atoms with Crippen molar-refractivity contribution < 1.29 is 13.9 Å². The minimum Gasteiger partial charge on any atom is -0.497 e. The van der Waals surface area contributed by atoms with Gasteiger partial charge in [-0.15, -0.1) is 0 Å². The Hall–Kier alpha value is -3.48. The lowest BCUT2D eigenvalue weighted by Crippen LogP contribution is -2.14. The van der Waals surface area contributed by atoms with Crippen LogP contribution in [-0.2, 0) is 6.54 Å². The zero-order valence-corrected chi connectivity index (χ0v) is 14.1. The highest BCUT2D eigenvalue weighted by atomic mass is 19.1. The summed E-state index contributed by atoms with van der Waals surface area (Å²) < 4.78 is 18.0. The molecule has 26 heavy (non-hydrogen) atoms. The Bertz CT molecular complexity index is 883. The van der Waals surface area contributed by atoms with E-state index in [1.807, 2.05) is 0 Å². The molecular formula is C19H17FN4O2. The normalized spacial score (nSPS) is 10.2. The second-order valence-corrected chi connectivity index (χ2v) is 5.45. The van der Waals surface area contributed by atoms with Crippen LogP contribution in [0.5, 0.6) is 5.75 Å². The number of aromatic nitrogens is 2. The molecule has 0 radical (unpaired) electrons. The van der Waals surface area contributed by atoms with Crippen LogP contribution in [0.2, 0.25) is 0 Å². The topological polar surface area (TPSA) is 76.1 Å². The van der Waals surface area contributed by atoms with Crippen LogP contribution < -0.4 is 15.4 Å². The molecule has 0 unspecified atom stereocenters. The molecule has 7 heteroatoms. The molecule has 0 atom stereocenters. The quantitative estimate of drug-likeness (QED) is 0.710. The van der Waals surface area contributed by atoms with Crippen molar-refractivity contribution in [3.05, 3.63) is 78.0 Å². The van der Waals surface area contributed by atoms with Gasteiger partial charge in [-0.3, -0.25) is 4.79 Å². The molecule has 0 saturated heterocycles. The number of carbonyl (C=O) groups excluding carboxylic acids is 1. The summed E-state index contributed by atoms with van der Waals surface area (Å²) in [6.45, 7) is 0.477. The summed E-state index contributed by atoms with van der Waals surface area (Å²) in [5.74, 6) is 0.525. The number of nitrogens with one attached hydrogen (secondary N) is 2. The number of halogens is 1. The summed E-state index contributed by atoms with van der Waals surface area (Å²) in [4.78, 5) is 20.5. The van der Waals surface area contributed by atoms with Crippen LogP contribution in [-0.4, -0.2) is 23.0 Å². The molecule has 1 heterocycles. The predicted octanol–water partition coefficient (Wildman–Crippen LogP) is 3.49. The maximum Gasteiger partial charge on any atom is 0.275 e. The molecule has 2 N–H and O–H groups in total.